The Kier molecular flexibility index (Phi) is 2.69. The Labute approximate surface area is 89.6 Å². The summed E-state index contributed by atoms with van der Waals surface area (Å²) in [5, 5.41) is 10.9. The van der Waals surface area contributed by atoms with Crippen LogP contribution in [0.5, 0.6) is 0 Å². The van der Waals surface area contributed by atoms with Crippen LogP contribution in [0.15, 0.2) is 30.3 Å². The summed E-state index contributed by atoms with van der Waals surface area (Å²) in [6, 6.07) is 9.98. The van der Waals surface area contributed by atoms with Gasteiger partial charge in [0.05, 0.1) is 17.3 Å². The average molecular weight is 201 g/mol. The average Bonchev–Trinajstić information content (AvgIpc) is 2.28. The molecular formula is C13H15NO. The summed E-state index contributed by atoms with van der Waals surface area (Å²) >= 11 is 0. The van der Waals surface area contributed by atoms with Crippen molar-refractivity contribution in [3.63, 3.8) is 0 Å². The number of nitrogens with zero attached hydrogens (tertiary/aromatic N) is 1. The van der Waals surface area contributed by atoms with Crippen molar-refractivity contribution in [3.05, 3.63) is 41.6 Å². The highest BCUT2D eigenvalue weighted by Crippen LogP contribution is 2.21. The van der Waals surface area contributed by atoms with Gasteiger partial charge in [-0.25, -0.2) is 0 Å². The number of aryl methyl sites for hydroxylation is 1. The third kappa shape index (κ3) is 1.85. The van der Waals surface area contributed by atoms with Crippen LogP contribution in [0, 0.1) is 6.92 Å². The van der Waals surface area contributed by atoms with Gasteiger partial charge in [0, 0.05) is 5.39 Å². The summed E-state index contributed by atoms with van der Waals surface area (Å²) in [4.78, 5) is 4.46. The fraction of sp³-hybridized carbons (Fsp3) is 0.308. The first-order valence-electron chi connectivity index (χ1n) is 5.26. The SMILES string of the molecule is CC[C@H](O)c1cc(C)c2ccccc2n1. The molecule has 0 amide bonds. The quantitative estimate of drug-likeness (QED) is 0.810. The Morgan fingerprint density at radius 1 is 1.33 bits per heavy atom. The second kappa shape index (κ2) is 3.99. The zero-order valence-corrected chi connectivity index (χ0v) is 9.07. The zero-order chi connectivity index (χ0) is 10.8. The third-order valence-electron chi connectivity index (χ3n) is 2.67. The number of pyridine rings is 1. The van der Waals surface area contributed by atoms with Crippen LogP contribution < -0.4 is 0 Å². The number of fused-ring (bicyclic) bond motifs is 1. The molecule has 0 bridgehead atoms. The Hall–Kier alpha value is -1.41. The number of hydrogen-bond donors (Lipinski definition) is 1. The van der Waals surface area contributed by atoms with E-state index in [1.54, 1.807) is 0 Å². The standard InChI is InChI=1S/C13H15NO/c1-3-13(15)12-8-9(2)10-6-4-5-7-11(10)14-12/h4-8,13,15H,3H2,1-2H3/t13-/m0/s1. The fourth-order valence-electron chi connectivity index (χ4n) is 1.76. The first kappa shape index (κ1) is 10.1. The van der Waals surface area contributed by atoms with Crippen LogP contribution in [0.1, 0.15) is 30.7 Å². The molecule has 1 aromatic carbocycles. The first-order valence-corrected chi connectivity index (χ1v) is 5.26. The summed E-state index contributed by atoms with van der Waals surface area (Å²) in [5.41, 5.74) is 2.90. The minimum Gasteiger partial charge on any atom is -0.387 e. The van der Waals surface area contributed by atoms with E-state index in [-0.39, 0.29) is 0 Å². The molecule has 0 radical (unpaired) electrons. The fourth-order valence-corrected chi connectivity index (χ4v) is 1.76. The van der Waals surface area contributed by atoms with Gasteiger partial charge in [-0.1, -0.05) is 25.1 Å². The predicted molar refractivity (Wildman–Crippen MR) is 61.7 cm³/mol. The van der Waals surface area contributed by atoms with Gasteiger partial charge >= 0.3 is 0 Å². The molecule has 0 aliphatic heterocycles. The van der Waals surface area contributed by atoms with E-state index in [0.717, 1.165) is 16.6 Å². The molecule has 0 saturated heterocycles. The molecule has 1 heterocycles. The lowest BCUT2D eigenvalue weighted by atomic mass is 10.1. The van der Waals surface area contributed by atoms with E-state index in [1.807, 2.05) is 31.2 Å². The van der Waals surface area contributed by atoms with Gasteiger partial charge in [-0.05, 0) is 31.0 Å². The summed E-state index contributed by atoms with van der Waals surface area (Å²) < 4.78 is 0. The number of benzene rings is 1. The molecule has 0 fully saturated rings. The lowest BCUT2D eigenvalue weighted by Gasteiger charge is -2.10. The van der Waals surface area contributed by atoms with Crippen molar-refractivity contribution in [1.29, 1.82) is 0 Å². The van der Waals surface area contributed by atoms with Gasteiger partial charge in [0.15, 0.2) is 0 Å². The molecule has 0 aliphatic rings. The predicted octanol–water partition coefficient (Wildman–Crippen LogP) is 2.99. The highest BCUT2D eigenvalue weighted by molar-refractivity contribution is 5.82. The van der Waals surface area contributed by atoms with Gasteiger partial charge in [-0.2, -0.15) is 0 Å². The Bertz CT molecular complexity index is 479. The van der Waals surface area contributed by atoms with Crippen LogP contribution in [-0.2, 0) is 0 Å². The van der Waals surface area contributed by atoms with Crippen molar-refractivity contribution >= 4 is 10.9 Å². The zero-order valence-electron chi connectivity index (χ0n) is 9.07. The van der Waals surface area contributed by atoms with E-state index >= 15 is 0 Å². The van der Waals surface area contributed by atoms with Crippen molar-refractivity contribution in [3.8, 4) is 0 Å². The van der Waals surface area contributed by atoms with Gasteiger partial charge < -0.3 is 5.11 Å². The van der Waals surface area contributed by atoms with Crippen LogP contribution in [0.25, 0.3) is 10.9 Å². The highest BCUT2D eigenvalue weighted by atomic mass is 16.3. The molecule has 2 heteroatoms. The second-order valence-corrected chi connectivity index (χ2v) is 3.81. The number of aromatic nitrogens is 1. The van der Waals surface area contributed by atoms with Crippen LogP contribution >= 0.6 is 0 Å². The molecule has 15 heavy (non-hydrogen) atoms. The normalized spacial score (nSPS) is 13.0. The van der Waals surface area contributed by atoms with E-state index < -0.39 is 6.10 Å². The molecule has 2 rings (SSSR count). The molecule has 1 atom stereocenters. The van der Waals surface area contributed by atoms with Crippen LogP contribution in [-0.4, -0.2) is 10.1 Å². The summed E-state index contributed by atoms with van der Waals surface area (Å²) in [5.74, 6) is 0. The number of aliphatic hydroxyl groups excluding tert-OH is 1. The van der Waals surface area contributed by atoms with Gasteiger partial charge in [0.25, 0.3) is 0 Å². The van der Waals surface area contributed by atoms with E-state index in [1.165, 1.54) is 5.56 Å². The van der Waals surface area contributed by atoms with Gasteiger partial charge in [-0.15, -0.1) is 0 Å². The van der Waals surface area contributed by atoms with Crippen molar-refractivity contribution in [2.45, 2.75) is 26.4 Å². The summed E-state index contributed by atoms with van der Waals surface area (Å²) in [6.07, 6.45) is 0.249. The molecule has 0 saturated carbocycles. The molecule has 78 valence electrons. The van der Waals surface area contributed by atoms with Crippen LogP contribution in [0.2, 0.25) is 0 Å². The smallest absolute Gasteiger partial charge is 0.0957 e. The Morgan fingerprint density at radius 2 is 2.07 bits per heavy atom. The lowest BCUT2D eigenvalue weighted by Crippen LogP contribution is -2.00. The van der Waals surface area contributed by atoms with Crippen LogP contribution in [0.3, 0.4) is 0 Å². The number of aliphatic hydroxyl groups is 1. The molecule has 2 nitrogen and oxygen atoms in total. The van der Waals surface area contributed by atoms with Gasteiger partial charge in [0.1, 0.15) is 0 Å². The molecule has 0 spiro atoms. The van der Waals surface area contributed by atoms with Crippen molar-refractivity contribution in [1.82, 2.24) is 4.98 Å². The third-order valence-corrected chi connectivity index (χ3v) is 2.67. The van der Waals surface area contributed by atoms with Crippen molar-refractivity contribution in [2.24, 2.45) is 0 Å². The minimum atomic E-state index is -0.451. The summed E-state index contributed by atoms with van der Waals surface area (Å²) in [6.45, 7) is 4.01. The van der Waals surface area contributed by atoms with Gasteiger partial charge in [0.2, 0.25) is 0 Å². The highest BCUT2D eigenvalue weighted by Gasteiger charge is 2.08. The minimum absolute atomic E-state index is 0.451. The molecule has 0 aliphatic carbocycles. The molecular weight excluding hydrogens is 186 g/mol. The summed E-state index contributed by atoms with van der Waals surface area (Å²) in [7, 11) is 0. The maximum Gasteiger partial charge on any atom is 0.0957 e. The van der Waals surface area contributed by atoms with Crippen molar-refractivity contribution in [2.75, 3.05) is 0 Å². The lowest BCUT2D eigenvalue weighted by molar-refractivity contribution is 0.169. The Morgan fingerprint density at radius 3 is 2.80 bits per heavy atom. The maximum absolute atomic E-state index is 9.75. The number of para-hydroxylation sites is 1. The molecule has 2 aromatic rings. The largest absolute Gasteiger partial charge is 0.387 e. The topological polar surface area (TPSA) is 33.1 Å². The molecule has 1 N–H and O–H groups in total. The molecule has 1 aromatic heterocycles. The first-order chi connectivity index (χ1) is 7.22. The molecule has 0 unspecified atom stereocenters. The Balaban J connectivity index is 2.62. The van der Waals surface area contributed by atoms with Gasteiger partial charge in [-0.3, -0.25) is 4.98 Å². The number of hydrogen-bond acceptors (Lipinski definition) is 2. The van der Waals surface area contributed by atoms with E-state index in [4.69, 9.17) is 0 Å². The van der Waals surface area contributed by atoms with E-state index in [2.05, 4.69) is 18.0 Å². The maximum atomic E-state index is 9.75. The monoisotopic (exact) mass is 201 g/mol. The van der Waals surface area contributed by atoms with E-state index in [9.17, 15) is 5.11 Å². The van der Waals surface area contributed by atoms with Crippen molar-refractivity contribution < 1.29 is 5.11 Å². The number of rotatable bonds is 2. The second-order valence-electron chi connectivity index (χ2n) is 3.81. The van der Waals surface area contributed by atoms with E-state index in [0.29, 0.717) is 6.42 Å². The van der Waals surface area contributed by atoms with Crippen LogP contribution in [0.4, 0.5) is 0 Å².